The number of amides is 1. The van der Waals surface area contributed by atoms with E-state index in [1.165, 1.54) is 19.3 Å². The van der Waals surface area contributed by atoms with Crippen molar-refractivity contribution in [2.24, 2.45) is 0 Å². The number of rotatable bonds is 9. The molecule has 2 aromatic rings. The Morgan fingerprint density at radius 3 is 2.63 bits per heavy atom. The van der Waals surface area contributed by atoms with E-state index in [1.807, 2.05) is 48.5 Å². The number of fused-ring (bicyclic) bond motifs is 1. The van der Waals surface area contributed by atoms with Gasteiger partial charge in [0.05, 0.1) is 12.2 Å². The molecule has 1 N–H and O–H groups in total. The molecule has 1 heterocycles. The second-order valence-corrected chi connectivity index (χ2v) is 6.82. The first kappa shape index (κ1) is 19.0. The first-order valence-electron chi connectivity index (χ1n) is 9.74. The minimum Gasteiger partial charge on any atom is -0.494 e. The van der Waals surface area contributed by atoms with Crippen molar-refractivity contribution in [3.63, 3.8) is 0 Å². The van der Waals surface area contributed by atoms with Crippen molar-refractivity contribution in [2.45, 2.75) is 38.8 Å². The van der Waals surface area contributed by atoms with Crippen molar-refractivity contribution in [3.05, 3.63) is 72.3 Å². The van der Waals surface area contributed by atoms with Gasteiger partial charge in [0.15, 0.2) is 0 Å². The van der Waals surface area contributed by atoms with Gasteiger partial charge in [-0.2, -0.15) is 0 Å². The van der Waals surface area contributed by atoms with E-state index < -0.39 is 0 Å². The molecule has 0 spiro atoms. The van der Waals surface area contributed by atoms with Crippen LogP contribution in [0.5, 0.6) is 5.75 Å². The fraction of sp³-hybridized carbons (Fsp3) is 0.348. The van der Waals surface area contributed by atoms with Crippen molar-refractivity contribution >= 4 is 11.6 Å². The van der Waals surface area contributed by atoms with Gasteiger partial charge in [-0.3, -0.25) is 4.79 Å². The van der Waals surface area contributed by atoms with Crippen LogP contribution in [0.1, 0.15) is 54.7 Å². The molecule has 0 fully saturated rings. The van der Waals surface area contributed by atoms with E-state index in [0.717, 1.165) is 30.0 Å². The van der Waals surface area contributed by atoms with Gasteiger partial charge in [0, 0.05) is 12.2 Å². The highest BCUT2D eigenvalue weighted by molar-refractivity contribution is 6.01. The zero-order valence-corrected chi connectivity index (χ0v) is 16.0. The minimum absolute atomic E-state index is 0.0190. The molecule has 4 heteroatoms. The van der Waals surface area contributed by atoms with Crippen LogP contribution in [0.15, 0.2) is 61.2 Å². The van der Waals surface area contributed by atoms with Crippen LogP contribution in [0, 0.1) is 0 Å². The molecule has 1 aliphatic heterocycles. The number of hydrogen-bond acceptors (Lipinski definition) is 3. The molecule has 4 nitrogen and oxygen atoms in total. The topological polar surface area (TPSA) is 41.6 Å². The first-order valence-corrected chi connectivity index (χ1v) is 9.74. The lowest BCUT2D eigenvalue weighted by Crippen LogP contribution is -2.42. The summed E-state index contributed by atoms with van der Waals surface area (Å²) in [5.74, 6) is 0.888. The highest BCUT2D eigenvalue weighted by Gasteiger charge is 2.31. The van der Waals surface area contributed by atoms with Crippen LogP contribution in [-0.4, -0.2) is 24.0 Å². The normalized spacial score (nSPS) is 15.8. The van der Waals surface area contributed by atoms with Crippen molar-refractivity contribution < 1.29 is 9.53 Å². The zero-order chi connectivity index (χ0) is 19.1. The molecule has 0 aromatic heterocycles. The van der Waals surface area contributed by atoms with Crippen LogP contribution >= 0.6 is 0 Å². The summed E-state index contributed by atoms with van der Waals surface area (Å²) in [7, 11) is 0. The maximum Gasteiger partial charge on any atom is 0.258 e. The Hall–Kier alpha value is -2.75. The number of carbonyl (C=O) groups is 1. The summed E-state index contributed by atoms with van der Waals surface area (Å²) in [6.45, 7) is 7.24. The second-order valence-electron chi connectivity index (χ2n) is 6.82. The molecule has 1 aliphatic rings. The average Bonchev–Trinajstić information content (AvgIpc) is 2.70. The molecule has 1 atom stereocenters. The Morgan fingerprint density at radius 1 is 1.11 bits per heavy atom. The summed E-state index contributed by atoms with van der Waals surface area (Å²) < 4.78 is 5.83. The van der Waals surface area contributed by atoms with Crippen LogP contribution in [-0.2, 0) is 0 Å². The van der Waals surface area contributed by atoms with Gasteiger partial charge in [0.25, 0.3) is 5.91 Å². The van der Waals surface area contributed by atoms with E-state index in [-0.39, 0.29) is 12.1 Å². The Kier molecular flexibility index (Phi) is 6.53. The summed E-state index contributed by atoms with van der Waals surface area (Å²) in [5.41, 5.74) is 2.59. The summed E-state index contributed by atoms with van der Waals surface area (Å²) >= 11 is 0. The fourth-order valence-corrected chi connectivity index (χ4v) is 3.35. The lowest BCUT2D eigenvalue weighted by Gasteiger charge is -2.37. The molecule has 2 aromatic carbocycles. The van der Waals surface area contributed by atoms with E-state index in [4.69, 9.17) is 4.74 Å². The van der Waals surface area contributed by atoms with Crippen molar-refractivity contribution in [1.82, 2.24) is 4.90 Å². The summed E-state index contributed by atoms with van der Waals surface area (Å²) in [4.78, 5) is 14.7. The Balaban J connectivity index is 1.72. The number of benzene rings is 2. The summed E-state index contributed by atoms with van der Waals surface area (Å²) in [5, 5.41) is 3.48. The molecule has 0 aliphatic carbocycles. The Bertz CT molecular complexity index is 770. The van der Waals surface area contributed by atoms with E-state index in [0.29, 0.717) is 12.1 Å². The van der Waals surface area contributed by atoms with Crippen molar-refractivity contribution in [1.29, 1.82) is 0 Å². The van der Waals surface area contributed by atoms with E-state index in [9.17, 15) is 4.79 Å². The highest BCUT2D eigenvalue weighted by Crippen LogP contribution is 2.33. The van der Waals surface area contributed by atoms with Crippen molar-refractivity contribution in [2.75, 3.05) is 18.5 Å². The standard InChI is InChI=1S/C23H28N2O2/c1-3-5-6-9-17-27-19-14-12-18(13-15-19)22-24-21-11-8-7-10-20(21)23(26)25(22)16-4-2/h4,7-8,10-15,22,24H,2-3,5-6,9,16-17H2,1H3. The Labute approximate surface area is 161 Å². The number of ether oxygens (including phenoxy) is 1. The number of unbranched alkanes of at least 4 members (excludes halogenated alkanes) is 3. The molecule has 1 amide bonds. The number of anilines is 1. The number of para-hydroxylation sites is 1. The third-order valence-corrected chi connectivity index (χ3v) is 4.81. The fourth-order valence-electron chi connectivity index (χ4n) is 3.35. The SMILES string of the molecule is C=CCN1C(=O)c2ccccc2NC1c1ccc(OCCCCCC)cc1. The predicted molar refractivity (Wildman–Crippen MR) is 110 cm³/mol. The molecular weight excluding hydrogens is 336 g/mol. The predicted octanol–water partition coefficient (Wildman–Crippen LogP) is 5.40. The Morgan fingerprint density at radius 2 is 1.89 bits per heavy atom. The van der Waals surface area contributed by atoms with Crippen molar-refractivity contribution in [3.8, 4) is 5.75 Å². The summed E-state index contributed by atoms with van der Waals surface area (Å²) in [6.07, 6.45) is 6.31. The van der Waals surface area contributed by atoms with E-state index in [2.05, 4.69) is 18.8 Å². The number of hydrogen-bond donors (Lipinski definition) is 1. The van der Waals surface area contributed by atoms with Gasteiger partial charge < -0.3 is 15.0 Å². The zero-order valence-electron chi connectivity index (χ0n) is 16.0. The quantitative estimate of drug-likeness (QED) is 0.478. The van der Waals surface area contributed by atoms with Gasteiger partial charge in [-0.25, -0.2) is 0 Å². The van der Waals surface area contributed by atoms with Gasteiger partial charge >= 0.3 is 0 Å². The molecular formula is C23H28N2O2. The molecule has 0 saturated carbocycles. The first-order chi connectivity index (χ1) is 13.2. The van der Waals surface area contributed by atoms with Crippen LogP contribution in [0.2, 0.25) is 0 Å². The smallest absolute Gasteiger partial charge is 0.258 e. The number of nitrogens with zero attached hydrogens (tertiary/aromatic N) is 1. The molecule has 3 rings (SSSR count). The number of carbonyl (C=O) groups excluding carboxylic acids is 1. The molecule has 0 saturated heterocycles. The second kappa shape index (κ2) is 9.26. The van der Waals surface area contributed by atoms with Gasteiger partial charge in [0.2, 0.25) is 0 Å². The average molecular weight is 364 g/mol. The van der Waals surface area contributed by atoms with Gasteiger partial charge in [0.1, 0.15) is 11.9 Å². The maximum atomic E-state index is 12.9. The number of nitrogens with one attached hydrogen (secondary N) is 1. The third kappa shape index (κ3) is 4.51. The lowest BCUT2D eigenvalue weighted by molar-refractivity contribution is 0.0707. The molecule has 142 valence electrons. The lowest BCUT2D eigenvalue weighted by atomic mass is 10.0. The molecule has 1 unspecified atom stereocenters. The third-order valence-electron chi connectivity index (χ3n) is 4.81. The van der Waals surface area contributed by atoms with Gasteiger partial charge in [-0.05, 0) is 36.2 Å². The monoisotopic (exact) mass is 364 g/mol. The minimum atomic E-state index is -0.219. The van der Waals surface area contributed by atoms with Gasteiger partial charge in [-0.1, -0.05) is 56.5 Å². The largest absolute Gasteiger partial charge is 0.494 e. The van der Waals surface area contributed by atoms with E-state index in [1.54, 1.807) is 11.0 Å². The molecule has 0 radical (unpaired) electrons. The highest BCUT2D eigenvalue weighted by atomic mass is 16.5. The summed E-state index contributed by atoms with van der Waals surface area (Å²) in [6, 6.07) is 15.6. The van der Waals surface area contributed by atoms with Crippen LogP contribution in [0.25, 0.3) is 0 Å². The maximum absolute atomic E-state index is 12.9. The van der Waals surface area contributed by atoms with E-state index >= 15 is 0 Å². The van der Waals surface area contributed by atoms with Gasteiger partial charge in [-0.15, -0.1) is 6.58 Å². The van der Waals surface area contributed by atoms with Crippen LogP contribution in [0.3, 0.4) is 0 Å². The van der Waals surface area contributed by atoms with Crippen LogP contribution < -0.4 is 10.1 Å². The molecule has 27 heavy (non-hydrogen) atoms. The molecule has 0 bridgehead atoms. The van der Waals surface area contributed by atoms with Crippen LogP contribution in [0.4, 0.5) is 5.69 Å².